The summed E-state index contributed by atoms with van der Waals surface area (Å²) in [6.07, 6.45) is 18.5. The summed E-state index contributed by atoms with van der Waals surface area (Å²) in [5, 5.41) is 3.92. The highest BCUT2D eigenvalue weighted by Gasteiger charge is 2.45. The predicted molar refractivity (Wildman–Crippen MR) is 159 cm³/mol. The minimum absolute atomic E-state index is 0.488. The maximum Gasteiger partial charge on any atom is 0.0231 e. The van der Waals surface area contributed by atoms with E-state index in [1.807, 2.05) is 41.5 Å². The maximum absolute atomic E-state index is 3.92. The molecule has 1 aliphatic heterocycles. The van der Waals surface area contributed by atoms with Crippen LogP contribution in [0.25, 0.3) is 0 Å². The number of likely N-dealkylation sites (tertiary alicyclic amines) is 1. The van der Waals surface area contributed by atoms with Gasteiger partial charge in [0.1, 0.15) is 0 Å². The van der Waals surface area contributed by atoms with Crippen LogP contribution in [-0.2, 0) is 0 Å². The van der Waals surface area contributed by atoms with E-state index in [-0.39, 0.29) is 0 Å². The van der Waals surface area contributed by atoms with Crippen molar-refractivity contribution in [2.75, 3.05) is 26.2 Å². The van der Waals surface area contributed by atoms with E-state index in [2.05, 4.69) is 69.3 Å². The summed E-state index contributed by atoms with van der Waals surface area (Å²) in [5.41, 5.74) is 2.55. The third kappa shape index (κ3) is 15.0. The Morgan fingerprint density at radius 3 is 2.09 bits per heavy atom. The monoisotopic (exact) mass is 474 g/mol. The van der Waals surface area contributed by atoms with Crippen LogP contribution in [0, 0.1) is 16.7 Å². The Kier molecular flexibility index (Phi) is 20.7. The van der Waals surface area contributed by atoms with Crippen molar-refractivity contribution in [2.24, 2.45) is 16.7 Å². The van der Waals surface area contributed by atoms with E-state index in [4.69, 9.17) is 0 Å². The molecule has 1 heterocycles. The first-order valence-electron chi connectivity index (χ1n) is 14.1. The average Bonchev–Trinajstić information content (AvgIpc) is 2.80. The molecule has 0 amide bonds. The molecule has 1 atom stereocenters. The van der Waals surface area contributed by atoms with Crippen molar-refractivity contribution < 1.29 is 0 Å². The molecule has 0 radical (unpaired) electrons. The van der Waals surface area contributed by atoms with E-state index in [1.165, 1.54) is 63.7 Å². The van der Waals surface area contributed by atoms with E-state index in [1.54, 1.807) is 12.2 Å². The van der Waals surface area contributed by atoms with Gasteiger partial charge >= 0.3 is 0 Å². The van der Waals surface area contributed by atoms with Crippen molar-refractivity contribution in [1.82, 2.24) is 10.2 Å². The number of nitrogens with one attached hydrogen (secondary N) is 1. The van der Waals surface area contributed by atoms with Gasteiger partial charge in [0.15, 0.2) is 0 Å². The van der Waals surface area contributed by atoms with Gasteiger partial charge < -0.3 is 5.32 Å². The molecule has 1 unspecified atom stereocenters. The third-order valence-electron chi connectivity index (χ3n) is 6.50. The third-order valence-corrected chi connectivity index (χ3v) is 6.50. The second-order valence-corrected chi connectivity index (χ2v) is 10.8. The maximum atomic E-state index is 3.92. The molecular weight excluding hydrogens is 412 g/mol. The highest BCUT2D eigenvalue weighted by molar-refractivity contribution is 5.23. The summed E-state index contributed by atoms with van der Waals surface area (Å²) in [4.78, 5) is 2.66. The second-order valence-electron chi connectivity index (χ2n) is 10.8. The van der Waals surface area contributed by atoms with Gasteiger partial charge in [-0.05, 0) is 81.2 Å². The Labute approximate surface area is 216 Å². The summed E-state index contributed by atoms with van der Waals surface area (Å²) in [6.45, 7) is 33.0. The van der Waals surface area contributed by atoms with Crippen LogP contribution in [0.2, 0.25) is 0 Å². The van der Waals surface area contributed by atoms with E-state index in [9.17, 15) is 0 Å². The number of rotatable bonds is 5. The van der Waals surface area contributed by atoms with E-state index >= 15 is 0 Å². The summed E-state index contributed by atoms with van der Waals surface area (Å²) >= 11 is 0. The Bertz CT molecular complexity index is 552. The van der Waals surface area contributed by atoms with Crippen LogP contribution in [0.1, 0.15) is 108 Å². The zero-order chi connectivity index (χ0) is 26.6. The summed E-state index contributed by atoms with van der Waals surface area (Å²) < 4.78 is 0. The van der Waals surface area contributed by atoms with Gasteiger partial charge in [0.05, 0.1) is 0 Å². The van der Waals surface area contributed by atoms with Crippen LogP contribution in [0.4, 0.5) is 0 Å². The Hall–Kier alpha value is -1.12. The highest BCUT2D eigenvalue weighted by atomic mass is 15.2. The van der Waals surface area contributed by atoms with Crippen LogP contribution in [0.5, 0.6) is 0 Å². The molecule has 2 fully saturated rings. The number of nitrogens with zero attached hydrogens (tertiary/aromatic N) is 1. The number of hydrogen-bond donors (Lipinski definition) is 1. The number of piperidine rings is 1. The summed E-state index contributed by atoms with van der Waals surface area (Å²) in [6, 6.07) is 0.692. The van der Waals surface area contributed by atoms with Gasteiger partial charge in [-0.25, -0.2) is 0 Å². The van der Waals surface area contributed by atoms with Gasteiger partial charge in [-0.2, -0.15) is 0 Å². The molecule has 2 aliphatic carbocycles. The molecule has 200 valence electrons. The van der Waals surface area contributed by atoms with Gasteiger partial charge in [-0.3, -0.25) is 4.90 Å². The van der Waals surface area contributed by atoms with Crippen LogP contribution in [0.15, 0.2) is 49.1 Å². The van der Waals surface area contributed by atoms with Crippen LogP contribution >= 0.6 is 0 Å². The van der Waals surface area contributed by atoms with Gasteiger partial charge in [-0.1, -0.05) is 85.8 Å². The van der Waals surface area contributed by atoms with E-state index in [0.29, 0.717) is 16.9 Å². The highest BCUT2D eigenvalue weighted by Crippen LogP contribution is 2.52. The first-order chi connectivity index (χ1) is 16.2. The Balaban J connectivity index is 0. The summed E-state index contributed by atoms with van der Waals surface area (Å²) in [5.74, 6) is 0.914. The minimum Gasteiger partial charge on any atom is -0.312 e. The first-order valence-corrected chi connectivity index (χ1v) is 14.1. The standard InChI is InChI=1S/C22H38N2.2C3H6.2C2H6/c1-21(2,3)19-13-22(4,14-19)17-23-20-11-8-12-24(16-20)15-18-9-6-5-7-10-18;2*1-3-2;2*1-2/h6,9-10,19-20,23H,5,7-8,11-17H2,1-4H3;2*3H,1H2,2H3;2*1-2H3. The van der Waals surface area contributed by atoms with Crippen molar-refractivity contribution in [1.29, 1.82) is 0 Å². The Morgan fingerprint density at radius 1 is 1.06 bits per heavy atom. The Morgan fingerprint density at radius 2 is 1.62 bits per heavy atom. The molecule has 3 aliphatic rings. The molecule has 0 aromatic heterocycles. The SMILES string of the molecule is C=CC.C=CC.CC.CC.CC1(CNC2CCCN(CC3=CCCC=C3)C2)CC(C(C)(C)C)C1. The fourth-order valence-corrected chi connectivity index (χ4v) is 4.69. The lowest BCUT2D eigenvalue weighted by Gasteiger charge is -2.52. The predicted octanol–water partition coefficient (Wildman–Crippen LogP) is 9.22. The minimum atomic E-state index is 0.488. The topological polar surface area (TPSA) is 15.3 Å². The number of hydrogen-bond acceptors (Lipinski definition) is 2. The summed E-state index contributed by atoms with van der Waals surface area (Å²) in [7, 11) is 0. The van der Waals surface area contributed by atoms with Crippen molar-refractivity contribution in [2.45, 2.75) is 114 Å². The van der Waals surface area contributed by atoms with Crippen molar-refractivity contribution in [3.05, 3.63) is 49.1 Å². The smallest absolute Gasteiger partial charge is 0.0231 e. The van der Waals surface area contributed by atoms with Crippen molar-refractivity contribution in [3.8, 4) is 0 Å². The van der Waals surface area contributed by atoms with Gasteiger partial charge in [0.25, 0.3) is 0 Å². The average molecular weight is 475 g/mol. The lowest BCUT2D eigenvalue weighted by atomic mass is 9.55. The van der Waals surface area contributed by atoms with E-state index in [0.717, 1.165) is 12.5 Å². The number of allylic oxidation sites excluding steroid dienone is 4. The molecule has 1 saturated carbocycles. The fraction of sp³-hybridized carbons (Fsp3) is 0.750. The molecule has 1 N–H and O–H groups in total. The molecule has 3 rings (SSSR count). The lowest BCUT2D eigenvalue weighted by Crippen LogP contribution is -2.52. The first kappa shape index (κ1) is 35.0. The fourth-order valence-electron chi connectivity index (χ4n) is 4.69. The van der Waals surface area contributed by atoms with Crippen molar-refractivity contribution in [3.63, 3.8) is 0 Å². The molecular formula is C32H62N2. The van der Waals surface area contributed by atoms with E-state index < -0.39 is 0 Å². The van der Waals surface area contributed by atoms with Crippen molar-refractivity contribution >= 4 is 0 Å². The molecule has 2 nitrogen and oxygen atoms in total. The quantitative estimate of drug-likeness (QED) is 0.399. The molecule has 0 spiro atoms. The van der Waals surface area contributed by atoms with Gasteiger partial charge in [0.2, 0.25) is 0 Å². The van der Waals surface area contributed by atoms with Crippen LogP contribution in [-0.4, -0.2) is 37.1 Å². The zero-order valence-electron chi connectivity index (χ0n) is 25.0. The van der Waals surface area contributed by atoms with Gasteiger partial charge in [0, 0.05) is 25.7 Å². The van der Waals surface area contributed by atoms with Crippen LogP contribution in [0.3, 0.4) is 0 Å². The molecule has 0 bridgehead atoms. The molecule has 2 heteroatoms. The molecule has 1 saturated heterocycles. The normalized spacial score (nSPS) is 25.6. The lowest BCUT2D eigenvalue weighted by molar-refractivity contribution is -0.00214. The second kappa shape index (κ2) is 20.1. The molecule has 0 aromatic carbocycles. The molecule has 34 heavy (non-hydrogen) atoms. The largest absolute Gasteiger partial charge is 0.312 e. The van der Waals surface area contributed by atoms with Gasteiger partial charge in [-0.15, -0.1) is 13.2 Å². The zero-order valence-corrected chi connectivity index (χ0v) is 25.0. The van der Waals surface area contributed by atoms with Crippen LogP contribution < -0.4 is 5.32 Å². The molecule has 0 aromatic rings.